The van der Waals surface area contributed by atoms with Gasteiger partial charge in [-0.2, -0.15) is 0 Å². The van der Waals surface area contributed by atoms with Gasteiger partial charge in [0, 0.05) is 28.8 Å². The first-order valence-corrected chi connectivity index (χ1v) is 6.32. The molecule has 0 amide bonds. The Hall–Kier alpha value is -0.580. The van der Waals surface area contributed by atoms with Crippen molar-refractivity contribution in [2.24, 2.45) is 0 Å². The number of hydrogen-bond donors (Lipinski definition) is 2. The van der Waals surface area contributed by atoms with Crippen LogP contribution in [0.2, 0.25) is 0 Å². The number of piperidine rings is 1. The Balaban J connectivity index is 2.26. The van der Waals surface area contributed by atoms with E-state index in [0.717, 1.165) is 35.1 Å². The number of hydrogen-bond acceptors (Lipinski definition) is 3. The second-order valence-electron chi connectivity index (χ2n) is 4.17. The molecule has 0 aromatic heterocycles. The van der Waals surface area contributed by atoms with Gasteiger partial charge in [-0.05, 0) is 25.0 Å². The lowest BCUT2D eigenvalue weighted by Crippen LogP contribution is -2.38. The lowest BCUT2D eigenvalue weighted by molar-refractivity contribution is 0.154. The summed E-state index contributed by atoms with van der Waals surface area (Å²) in [7, 11) is 0. The molecule has 1 atom stereocenters. The number of halogens is 1. The van der Waals surface area contributed by atoms with Crippen LogP contribution in [0.5, 0.6) is 0 Å². The van der Waals surface area contributed by atoms with E-state index in [1.54, 1.807) is 0 Å². The summed E-state index contributed by atoms with van der Waals surface area (Å²) in [5.74, 6) is 0. The molecule has 1 aliphatic heterocycles. The normalized spacial score (nSPS) is 21.2. The molecular weight excluding hydrogens is 270 g/mol. The molecule has 1 aliphatic rings. The van der Waals surface area contributed by atoms with Gasteiger partial charge in [0.25, 0.3) is 0 Å². The highest BCUT2D eigenvalue weighted by Crippen LogP contribution is 2.27. The fourth-order valence-electron chi connectivity index (χ4n) is 2.14. The third-order valence-corrected chi connectivity index (χ3v) is 3.45. The van der Waals surface area contributed by atoms with Gasteiger partial charge in [0.1, 0.15) is 0 Å². The number of nitrogens with zero attached hydrogens (tertiary/aromatic N) is 1. The molecule has 0 spiro atoms. The number of anilines is 1. The van der Waals surface area contributed by atoms with Crippen molar-refractivity contribution < 1.29 is 10.2 Å². The number of aliphatic hydroxyl groups is 2. The lowest BCUT2D eigenvalue weighted by Gasteiger charge is -2.33. The third-order valence-electron chi connectivity index (χ3n) is 2.95. The molecule has 4 heteroatoms. The summed E-state index contributed by atoms with van der Waals surface area (Å²) < 4.78 is 1.000. The molecule has 0 radical (unpaired) electrons. The van der Waals surface area contributed by atoms with Gasteiger partial charge in [-0.15, -0.1) is 0 Å². The van der Waals surface area contributed by atoms with Crippen LogP contribution in [0.1, 0.15) is 18.4 Å². The fourth-order valence-corrected chi connectivity index (χ4v) is 2.49. The predicted octanol–water partition coefficient (Wildman–Crippen LogP) is 1.90. The van der Waals surface area contributed by atoms with Gasteiger partial charge < -0.3 is 15.1 Å². The van der Waals surface area contributed by atoms with Crippen molar-refractivity contribution in [1.82, 2.24) is 0 Å². The number of benzene rings is 1. The summed E-state index contributed by atoms with van der Waals surface area (Å²) in [4.78, 5) is 2.14. The zero-order valence-corrected chi connectivity index (χ0v) is 10.7. The smallest absolute Gasteiger partial charge is 0.0715 e. The van der Waals surface area contributed by atoms with Crippen LogP contribution in [-0.4, -0.2) is 29.4 Å². The summed E-state index contributed by atoms with van der Waals surface area (Å²) in [6, 6.07) is 5.85. The van der Waals surface area contributed by atoms with Crippen LogP contribution in [-0.2, 0) is 6.61 Å². The largest absolute Gasteiger partial charge is 0.392 e. The van der Waals surface area contributed by atoms with Gasteiger partial charge in [0.2, 0.25) is 0 Å². The zero-order chi connectivity index (χ0) is 11.5. The van der Waals surface area contributed by atoms with E-state index >= 15 is 0 Å². The van der Waals surface area contributed by atoms with Crippen molar-refractivity contribution in [3.05, 3.63) is 28.2 Å². The van der Waals surface area contributed by atoms with Gasteiger partial charge in [-0.1, -0.05) is 22.0 Å². The molecule has 16 heavy (non-hydrogen) atoms. The summed E-state index contributed by atoms with van der Waals surface area (Å²) in [5, 5.41) is 19.0. The van der Waals surface area contributed by atoms with Crippen LogP contribution in [0.4, 0.5) is 5.69 Å². The van der Waals surface area contributed by atoms with Crippen LogP contribution in [0.3, 0.4) is 0 Å². The molecule has 1 unspecified atom stereocenters. The molecule has 1 fully saturated rings. The molecule has 3 nitrogen and oxygen atoms in total. The first kappa shape index (κ1) is 11.9. The van der Waals surface area contributed by atoms with Gasteiger partial charge >= 0.3 is 0 Å². The average molecular weight is 286 g/mol. The van der Waals surface area contributed by atoms with Gasteiger partial charge in [-0.3, -0.25) is 0 Å². The van der Waals surface area contributed by atoms with E-state index in [9.17, 15) is 10.2 Å². The highest BCUT2D eigenvalue weighted by molar-refractivity contribution is 9.10. The standard InChI is InChI=1S/C12H16BrNO2/c13-10-4-3-9(8-15)12(6-10)14-5-1-2-11(16)7-14/h3-4,6,11,15-16H,1-2,5,7-8H2. The number of aliphatic hydroxyl groups excluding tert-OH is 2. The second kappa shape index (κ2) is 5.17. The summed E-state index contributed by atoms with van der Waals surface area (Å²) in [5.41, 5.74) is 1.94. The molecule has 0 bridgehead atoms. The van der Waals surface area contributed by atoms with E-state index in [1.165, 1.54) is 0 Å². The van der Waals surface area contributed by atoms with Crippen molar-refractivity contribution in [2.75, 3.05) is 18.0 Å². The monoisotopic (exact) mass is 285 g/mol. The molecule has 1 aromatic carbocycles. The molecule has 2 rings (SSSR count). The molecule has 88 valence electrons. The highest BCUT2D eigenvalue weighted by Gasteiger charge is 2.19. The summed E-state index contributed by atoms with van der Waals surface area (Å²) in [6.45, 7) is 1.64. The number of β-amino-alcohol motifs (C(OH)–C–C–N with tert-alkyl or cyclic N) is 1. The Bertz CT molecular complexity index is 370. The first-order chi connectivity index (χ1) is 7.70. The first-order valence-electron chi connectivity index (χ1n) is 5.53. The van der Waals surface area contributed by atoms with Gasteiger partial charge in [0.15, 0.2) is 0 Å². The Morgan fingerprint density at radius 2 is 2.25 bits per heavy atom. The molecule has 0 aliphatic carbocycles. The highest BCUT2D eigenvalue weighted by atomic mass is 79.9. The molecular formula is C12H16BrNO2. The maximum Gasteiger partial charge on any atom is 0.0715 e. The molecule has 0 saturated carbocycles. The van der Waals surface area contributed by atoms with E-state index in [1.807, 2.05) is 18.2 Å². The van der Waals surface area contributed by atoms with E-state index in [4.69, 9.17) is 0 Å². The van der Waals surface area contributed by atoms with E-state index in [0.29, 0.717) is 6.54 Å². The Kier molecular flexibility index (Phi) is 3.84. The average Bonchev–Trinajstić information content (AvgIpc) is 2.29. The van der Waals surface area contributed by atoms with Crippen molar-refractivity contribution in [3.8, 4) is 0 Å². The van der Waals surface area contributed by atoms with Crippen LogP contribution < -0.4 is 4.90 Å². The minimum Gasteiger partial charge on any atom is -0.392 e. The lowest BCUT2D eigenvalue weighted by atomic mass is 10.1. The van der Waals surface area contributed by atoms with Crippen LogP contribution in [0, 0.1) is 0 Å². The van der Waals surface area contributed by atoms with Crippen LogP contribution >= 0.6 is 15.9 Å². The van der Waals surface area contributed by atoms with Crippen LogP contribution in [0.15, 0.2) is 22.7 Å². The van der Waals surface area contributed by atoms with E-state index in [-0.39, 0.29) is 12.7 Å². The molecule has 1 saturated heterocycles. The minimum atomic E-state index is -0.251. The maximum absolute atomic E-state index is 9.66. The van der Waals surface area contributed by atoms with E-state index in [2.05, 4.69) is 20.8 Å². The molecule has 2 N–H and O–H groups in total. The SMILES string of the molecule is OCc1ccc(Br)cc1N1CCCC(O)C1. The molecule has 1 heterocycles. The molecule has 1 aromatic rings. The minimum absolute atomic E-state index is 0.0369. The van der Waals surface area contributed by atoms with Gasteiger partial charge in [-0.25, -0.2) is 0 Å². The van der Waals surface area contributed by atoms with Crippen LogP contribution in [0.25, 0.3) is 0 Å². The quantitative estimate of drug-likeness (QED) is 0.872. The summed E-state index contributed by atoms with van der Waals surface area (Å²) >= 11 is 3.44. The number of rotatable bonds is 2. The maximum atomic E-state index is 9.66. The Labute approximate surface area is 104 Å². The van der Waals surface area contributed by atoms with Crippen molar-refractivity contribution in [3.63, 3.8) is 0 Å². The van der Waals surface area contributed by atoms with Crippen molar-refractivity contribution in [2.45, 2.75) is 25.6 Å². The fraction of sp³-hybridized carbons (Fsp3) is 0.500. The third kappa shape index (κ3) is 2.56. The van der Waals surface area contributed by atoms with E-state index < -0.39 is 0 Å². The van der Waals surface area contributed by atoms with Crippen molar-refractivity contribution in [1.29, 1.82) is 0 Å². The van der Waals surface area contributed by atoms with Crippen molar-refractivity contribution >= 4 is 21.6 Å². The summed E-state index contributed by atoms with van der Waals surface area (Å²) in [6.07, 6.45) is 1.62. The van der Waals surface area contributed by atoms with Gasteiger partial charge in [0.05, 0.1) is 12.7 Å². The zero-order valence-electron chi connectivity index (χ0n) is 9.06. The Morgan fingerprint density at radius 1 is 1.44 bits per heavy atom. The second-order valence-corrected chi connectivity index (χ2v) is 5.09. The topological polar surface area (TPSA) is 43.7 Å². The predicted molar refractivity (Wildman–Crippen MR) is 67.5 cm³/mol. The Morgan fingerprint density at radius 3 is 2.94 bits per heavy atom.